The van der Waals surface area contributed by atoms with Gasteiger partial charge in [-0.05, 0) is 49.0 Å². The van der Waals surface area contributed by atoms with Gasteiger partial charge in [-0.3, -0.25) is 9.59 Å². The summed E-state index contributed by atoms with van der Waals surface area (Å²) in [6, 6.07) is 4.84. The van der Waals surface area contributed by atoms with Crippen LogP contribution in [0.4, 0.5) is 0 Å². The fourth-order valence-corrected chi connectivity index (χ4v) is 3.58. The largest absolute Gasteiger partial charge is 2.00 e. The smallest absolute Gasteiger partial charge is 1.00 e. The summed E-state index contributed by atoms with van der Waals surface area (Å²) in [5.74, 6) is 0.487. The first-order valence-corrected chi connectivity index (χ1v) is 12.1. The summed E-state index contributed by atoms with van der Waals surface area (Å²) in [6.07, 6.45) is 16.5. The molecule has 2 N–H and O–H groups in total. The molecule has 0 radical (unpaired) electrons. The summed E-state index contributed by atoms with van der Waals surface area (Å²) in [5.41, 5.74) is 4.69. The molecule has 2 unspecified atom stereocenters. The number of carbonyl (C=O) groups is 2. The minimum Gasteiger partial charge on any atom is -1.00 e. The Morgan fingerprint density at radius 2 is 1.11 bits per heavy atom. The van der Waals surface area contributed by atoms with Crippen molar-refractivity contribution in [3.63, 3.8) is 0 Å². The number of allylic oxidation sites excluding steroid dienone is 8. The van der Waals surface area contributed by atoms with Crippen molar-refractivity contribution in [2.24, 2.45) is 11.8 Å². The van der Waals surface area contributed by atoms with Crippen LogP contribution in [-0.4, -0.2) is 28.0 Å². The van der Waals surface area contributed by atoms with E-state index >= 15 is 0 Å². The molecule has 206 valence electrons. The molecular weight excluding hydrogens is 641 g/mol. The average molecular weight is 680 g/mol. The van der Waals surface area contributed by atoms with Gasteiger partial charge in [-0.25, -0.2) is 4.98 Å². The SMILES string of the molecule is CC(=O)c1cccc(C(C)=O)n1.CCC1=CC=CC(CC)C1=N.CCC1=CC=CC(CC)C1=N.[Br-].[Br-].[Ni+2]. The van der Waals surface area contributed by atoms with Crippen molar-refractivity contribution >= 4 is 23.0 Å². The number of rotatable bonds is 6. The topological polar surface area (TPSA) is 94.7 Å². The third-order valence-electron chi connectivity index (χ3n) is 5.83. The van der Waals surface area contributed by atoms with Crippen molar-refractivity contribution in [3.8, 4) is 0 Å². The van der Waals surface area contributed by atoms with Crippen LogP contribution in [0.3, 0.4) is 0 Å². The third-order valence-corrected chi connectivity index (χ3v) is 5.83. The van der Waals surface area contributed by atoms with E-state index in [9.17, 15) is 9.59 Å². The molecule has 0 aliphatic heterocycles. The zero-order chi connectivity index (χ0) is 25.7. The van der Waals surface area contributed by atoms with Crippen LogP contribution in [0.25, 0.3) is 0 Å². The Labute approximate surface area is 253 Å². The summed E-state index contributed by atoms with van der Waals surface area (Å²) >= 11 is 0. The molecule has 0 spiro atoms. The Morgan fingerprint density at radius 1 is 0.757 bits per heavy atom. The van der Waals surface area contributed by atoms with Gasteiger partial charge in [0.25, 0.3) is 0 Å². The number of nitrogens with one attached hydrogen (secondary N) is 2. The number of nitrogens with zero attached hydrogens (tertiary/aromatic N) is 1. The van der Waals surface area contributed by atoms with Gasteiger partial charge in [0, 0.05) is 37.1 Å². The van der Waals surface area contributed by atoms with E-state index in [1.807, 2.05) is 0 Å². The Kier molecular flexibility index (Phi) is 22.8. The van der Waals surface area contributed by atoms with Crippen molar-refractivity contribution < 1.29 is 60.0 Å². The molecule has 2 aliphatic rings. The van der Waals surface area contributed by atoms with Gasteiger partial charge in [0.1, 0.15) is 11.4 Å². The van der Waals surface area contributed by atoms with Gasteiger partial charge in [-0.15, -0.1) is 0 Å². The van der Waals surface area contributed by atoms with E-state index in [4.69, 9.17) is 10.8 Å². The van der Waals surface area contributed by atoms with Crippen molar-refractivity contribution in [1.29, 1.82) is 10.8 Å². The molecule has 2 atom stereocenters. The van der Waals surface area contributed by atoms with Gasteiger partial charge in [0.2, 0.25) is 0 Å². The van der Waals surface area contributed by atoms with E-state index in [0.29, 0.717) is 23.2 Å². The van der Waals surface area contributed by atoms with Gasteiger partial charge >= 0.3 is 16.5 Å². The van der Waals surface area contributed by atoms with Gasteiger partial charge in [-0.2, -0.15) is 0 Å². The summed E-state index contributed by atoms with van der Waals surface area (Å²) in [6.45, 7) is 11.3. The second-order valence-corrected chi connectivity index (χ2v) is 8.24. The van der Waals surface area contributed by atoms with Crippen LogP contribution >= 0.6 is 0 Å². The van der Waals surface area contributed by atoms with Crippen LogP contribution in [0.1, 0.15) is 88.2 Å². The molecule has 0 saturated carbocycles. The molecule has 5 nitrogen and oxygen atoms in total. The zero-order valence-corrected chi connectivity index (χ0v) is 26.7. The molecule has 1 aromatic heterocycles. The number of halogens is 2. The minimum absolute atomic E-state index is 0. The summed E-state index contributed by atoms with van der Waals surface area (Å²) in [4.78, 5) is 25.6. The molecule has 3 rings (SSSR count). The first-order valence-electron chi connectivity index (χ1n) is 12.1. The molecule has 0 amide bonds. The summed E-state index contributed by atoms with van der Waals surface area (Å²) < 4.78 is 0. The number of hydrogen-bond acceptors (Lipinski definition) is 5. The van der Waals surface area contributed by atoms with E-state index in [1.165, 1.54) is 25.0 Å². The molecule has 37 heavy (non-hydrogen) atoms. The number of hydrogen-bond donors (Lipinski definition) is 2. The maximum Gasteiger partial charge on any atom is 2.00 e. The monoisotopic (exact) mass is 677 g/mol. The van der Waals surface area contributed by atoms with Crippen LogP contribution in [0.2, 0.25) is 0 Å². The average Bonchev–Trinajstić information content (AvgIpc) is 2.85. The first-order chi connectivity index (χ1) is 16.2. The maximum absolute atomic E-state index is 10.8. The van der Waals surface area contributed by atoms with Gasteiger partial charge in [0.15, 0.2) is 11.6 Å². The van der Waals surface area contributed by atoms with Gasteiger partial charge in [-0.1, -0.05) is 70.2 Å². The molecule has 2 aliphatic carbocycles. The van der Waals surface area contributed by atoms with E-state index in [0.717, 1.165) is 37.1 Å². The Balaban J connectivity index is -0.000000451. The molecule has 0 aromatic carbocycles. The van der Waals surface area contributed by atoms with Crippen LogP contribution in [0, 0.1) is 22.7 Å². The Hall–Kier alpha value is -1.76. The van der Waals surface area contributed by atoms with Crippen molar-refractivity contribution in [2.45, 2.75) is 67.2 Å². The fourth-order valence-electron chi connectivity index (χ4n) is 3.58. The quantitative estimate of drug-likeness (QED) is 0.352. The third kappa shape index (κ3) is 13.0. The van der Waals surface area contributed by atoms with Crippen molar-refractivity contribution in [1.82, 2.24) is 4.98 Å². The molecule has 1 aromatic rings. The number of pyridine rings is 1. The molecule has 0 fully saturated rings. The number of ketones is 2. The Morgan fingerprint density at radius 3 is 1.38 bits per heavy atom. The van der Waals surface area contributed by atoms with E-state index in [-0.39, 0.29) is 62.0 Å². The zero-order valence-electron chi connectivity index (χ0n) is 22.5. The van der Waals surface area contributed by atoms with Crippen LogP contribution in [0.15, 0.2) is 65.8 Å². The first kappa shape index (κ1) is 39.8. The fraction of sp³-hybridized carbons (Fsp3) is 0.414. The van der Waals surface area contributed by atoms with E-state index in [1.54, 1.807) is 18.2 Å². The molecule has 8 heteroatoms. The second-order valence-electron chi connectivity index (χ2n) is 8.24. The van der Waals surface area contributed by atoms with E-state index < -0.39 is 0 Å². The molecule has 1 heterocycles. The standard InChI is InChI=1S/2C10H15N.C9H9NO2.2BrH.Ni/c2*1-3-8-6-5-7-9(4-2)10(8)11;1-6(11)8-4-3-5-9(10-8)7(2)12;;;/h2*5-8,11H,3-4H2,1-2H3;3-5H,1-2H3;2*1H;/q;;;;;+2/p-2. The predicted molar refractivity (Wildman–Crippen MR) is 142 cm³/mol. The van der Waals surface area contributed by atoms with Crippen LogP contribution < -0.4 is 34.0 Å². The summed E-state index contributed by atoms with van der Waals surface area (Å²) in [5, 5.41) is 15.6. The predicted octanol–water partition coefficient (Wildman–Crippen LogP) is 1.37. The van der Waals surface area contributed by atoms with Crippen LogP contribution in [-0.2, 0) is 16.5 Å². The normalized spacial score (nSPS) is 17.1. The molecule has 0 saturated heterocycles. The molecular formula is C29H39Br2N3NiO2. The van der Waals surface area contributed by atoms with Crippen LogP contribution in [0.5, 0.6) is 0 Å². The van der Waals surface area contributed by atoms with E-state index in [2.05, 4.69) is 69.1 Å². The Bertz CT molecular complexity index is 952. The summed E-state index contributed by atoms with van der Waals surface area (Å²) in [7, 11) is 0. The minimum atomic E-state index is -0.127. The van der Waals surface area contributed by atoms with Crippen molar-refractivity contribution in [3.05, 3.63) is 77.2 Å². The number of carbonyl (C=O) groups excluding carboxylic acids is 2. The number of aromatic nitrogens is 1. The van der Waals surface area contributed by atoms with Gasteiger partial charge in [0.05, 0.1) is 0 Å². The molecule has 0 bridgehead atoms. The van der Waals surface area contributed by atoms with Gasteiger partial charge < -0.3 is 44.8 Å². The number of Topliss-reactive ketones (excluding diaryl/α,β-unsaturated/α-hetero) is 2. The second kappa shape index (κ2) is 21.2. The van der Waals surface area contributed by atoms with Crippen molar-refractivity contribution in [2.75, 3.05) is 0 Å². The maximum atomic E-state index is 10.8.